The fraction of sp³-hybridized carbons (Fsp3) is 0.864. The number of unbranched alkanes of at least 4 members (excludes halogenated alkanes) is 11. The first kappa shape index (κ1) is 25.1. The molecule has 0 aromatic rings. The van der Waals surface area contributed by atoms with E-state index in [1.807, 2.05) is 0 Å². The molecule has 26 heavy (non-hydrogen) atoms. The van der Waals surface area contributed by atoms with Gasteiger partial charge in [-0.25, -0.2) is 0 Å². The number of aliphatic hydroxyl groups is 1. The lowest BCUT2D eigenvalue weighted by atomic mass is 10.1. The summed E-state index contributed by atoms with van der Waals surface area (Å²) in [4.78, 5) is 11.5. The van der Waals surface area contributed by atoms with Crippen molar-refractivity contribution in [3.8, 4) is 0 Å². The smallest absolute Gasteiger partial charge is 0.305 e. The largest absolute Gasteiger partial charge is 0.463 e. The van der Waals surface area contributed by atoms with E-state index < -0.39 is 6.10 Å². The molecule has 0 fully saturated rings. The van der Waals surface area contributed by atoms with Crippen LogP contribution in [0.15, 0.2) is 12.2 Å². The maximum absolute atomic E-state index is 11.5. The van der Waals surface area contributed by atoms with Crippen LogP contribution in [0.1, 0.15) is 96.8 Å². The van der Waals surface area contributed by atoms with Crippen LogP contribution >= 0.6 is 0 Å². The number of methoxy groups -OCH3 is 1. The van der Waals surface area contributed by atoms with E-state index in [9.17, 15) is 4.79 Å². The molecule has 0 aliphatic heterocycles. The van der Waals surface area contributed by atoms with E-state index in [2.05, 4.69) is 19.1 Å². The molecule has 0 rings (SSSR count). The third-order valence-electron chi connectivity index (χ3n) is 4.61. The summed E-state index contributed by atoms with van der Waals surface area (Å²) >= 11 is 0. The molecule has 0 amide bonds. The Balaban J connectivity index is 3.28. The van der Waals surface area contributed by atoms with E-state index in [1.54, 1.807) is 0 Å². The van der Waals surface area contributed by atoms with Gasteiger partial charge in [0.05, 0.1) is 6.61 Å². The van der Waals surface area contributed by atoms with Gasteiger partial charge in [0.15, 0.2) is 0 Å². The lowest BCUT2D eigenvalue weighted by molar-refractivity contribution is -0.148. The molecule has 1 atom stereocenters. The monoisotopic (exact) mass is 370 g/mol. The number of hydrogen-bond acceptors (Lipinski definition) is 4. The Kier molecular flexibility index (Phi) is 19.8. The number of carbonyl (C=O) groups excluding carboxylic acids is 1. The maximum atomic E-state index is 11.5. The second-order valence-corrected chi connectivity index (χ2v) is 7.06. The molecule has 4 nitrogen and oxygen atoms in total. The van der Waals surface area contributed by atoms with Crippen molar-refractivity contribution in [1.82, 2.24) is 0 Å². The summed E-state index contributed by atoms with van der Waals surface area (Å²) in [6.45, 7) is 2.27. The van der Waals surface area contributed by atoms with Gasteiger partial charge in [-0.1, -0.05) is 70.4 Å². The SMILES string of the molecule is CCCCCCCC/C=C/CCCCCCCC(=O)OCC(CO)OC. The van der Waals surface area contributed by atoms with Crippen molar-refractivity contribution >= 4 is 5.97 Å². The van der Waals surface area contributed by atoms with Gasteiger partial charge >= 0.3 is 5.97 Å². The molecular formula is C22H42O4. The normalized spacial score (nSPS) is 12.6. The van der Waals surface area contributed by atoms with E-state index in [0.29, 0.717) is 6.42 Å². The molecule has 154 valence electrons. The van der Waals surface area contributed by atoms with Crippen molar-refractivity contribution in [2.45, 2.75) is 103 Å². The van der Waals surface area contributed by atoms with Crippen LogP contribution in [0.25, 0.3) is 0 Å². The number of ether oxygens (including phenoxy) is 2. The van der Waals surface area contributed by atoms with Crippen molar-refractivity contribution in [2.75, 3.05) is 20.3 Å². The summed E-state index contributed by atoms with van der Waals surface area (Å²) in [5.74, 6) is -0.196. The van der Waals surface area contributed by atoms with E-state index >= 15 is 0 Å². The molecule has 0 bridgehead atoms. The number of allylic oxidation sites excluding steroid dienone is 2. The van der Waals surface area contributed by atoms with E-state index in [-0.39, 0.29) is 19.2 Å². The molecule has 0 spiro atoms. The van der Waals surface area contributed by atoms with Crippen LogP contribution in [-0.2, 0) is 14.3 Å². The lowest BCUT2D eigenvalue weighted by Gasteiger charge is -2.12. The topological polar surface area (TPSA) is 55.8 Å². The Morgan fingerprint density at radius 3 is 1.96 bits per heavy atom. The number of rotatable bonds is 19. The van der Waals surface area contributed by atoms with E-state index in [4.69, 9.17) is 14.6 Å². The summed E-state index contributed by atoms with van der Waals surface area (Å²) in [5.41, 5.74) is 0. The van der Waals surface area contributed by atoms with Crippen molar-refractivity contribution in [3.05, 3.63) is 12.2 Å². The standard InChI is InChI=1S/C22H42O4/c1-3-4-5-6-7-8-9-10-11-12-13-14-15-16-17-18-22(24)26-20-21(19-23)25-2/h10-11,21,23H,3-9,12-20H2,1-2H3/b11-10+. The zero-order chi connectivity index (χ0) is 19.3. The van der Waals surface area contributed by atoms with Crippen molar-refractivity contribution in [3.63, 3.8) is 0 Å². The first-order chi connectivity index (χ1) is 12.7. The summed E-state index contributed by atoms with van der Waals surface area (Å²) in [5, 5.41) is 8.93. The van der Waals surface area contributed by atoms with Gasteiger partial charge in [0.25, 0.3) is 0 Å². The highest BCUT2D eigenvalue weighted by atomic mass is 16.6. The molecule has 0 heterocycles. The first-order valence-electron chi connectivity index (χ1n) is 10.7. The average Bonchev–Trinajstić information content (AvgIpc) is 2.65. The highest BCUT2D eigenvalue weighted by Gasteiger charge is 2.09. The Morgan fingerprint density at radius 2 is 1.42 bits per heavy atom. The maximum Gasteiger partial charge on any atom is 0.305 e. The van der Waals surface area contributed by atoms with Crippen LogP contribution in [0.2, 0.25) is 0 Å². The minimum atomic E-state index is -0.409. The van der Waals surface area contributed by atoms with Crippen LogP contribution in [0.5, 0.6) is 0 Å². The van der Waals surface area contributed by atoms with Crippen molar-refractivity contribution in [2.24, 2.45) is 0 Å². The number of carbonyl (C=O) groups is 1. The minimum Gasteiger partial charge on any atom is -0.463 e. The first-order valence-corrected chi connectivity index (χ1v) is 10.7. The minimum absolute atomic E-state index is 0.128. The molecular weight excluding hydrogens is 328 g/mol. The van der Waals surface area contributed by atoms with Crippen LogP contribution in [0.3, 0.4) is 0 Å². The fourth-order valence-electron chi connectivity index (χ4n) is 2.79. The average molecular weight is 371 g/mol. The van der Waals surface area contributed by atoms with Gasteiger partial charge in [0.1, 0.15) is 12.7 Å². The molecule has 4 heteroatoms. The predicted octanol–water partition coefficient (Wildman–Crippen LogP) is 5.57. The van der Waals surface area contributed by atoms with Crippen LogP contribution in [0.4, 0.5) is 0 Å². The Hall–Kier alpha value is -0.870. The molecule has 1 unspecified atom stereocenters. The van der Waals surface area contributed by atoms with E-state index in [1.165, 1.54) is 77.7 Å². The zero-order valence-electron chi connectivity index (χ0n) is 17.2. The van der Waals surface area contributed by atoms with Crippen LogP contribution in [-0.4, -0.2) is 37.5 Å². The zero-order valence-corrected chi connectivity index (χ0v) is 17.2. The van der Waals surface area contributed by atoms with Gasteiger partial charge < -0.3 is 14.6 Å². The number of esters is 1. The van der Waals surface area contributed by atoms with Gasteiger partial charge in [-0.05, 0) is 32.1 Å². The molecule has 0 aliphatic rings. The van der Waals surface area contributed by atoms with Gasteiger partial charge in [0.2, 0.25) is 0 Å². The predicted molar refractivity (Wildman–Crippen MR) is 108 cm³/mol. The summed E-state index contributed by atoms with van der Waals surface area (Å²) in [6, 6.07) is 0. The second kappa shape index (κ2) is 20.4. The molecule has 0 aliphatic carbocycles. The number of aliphatic hydroxyl groups excluding tert-OH is 1. The van der Waals surface area contributed by atoms with Crippen LogP contribution in [0, 0.1) is 0 Å². The van der Waals surface area contributed by atoms with Gasteiger partial charge in [-0.15, -0.1) is 0 Å². The molecule has 0 aromatic carbocycles. The Morgan fingerprint density at radius 1 is 0.885 bits per heavy atom. The van der Waals surface area contributed by atoms with Crippen molar-refractivity contribution < 1.29 is 19.4 Å². The summed E-state index contributed by atoms with van der Waals surface area (Å²) in [7, 11) is 1.50. The van der Waals surface area contributed by atoms with E-state index in [0.717, 1.165) is 12.8 Å². The molecule has 0 aromatic heterocycles. The third kappa shape index (κ3) is 17.9. The molecule has 0 saturated carbocycles. The van der Waals surface area contributed by atoms with Gasteiger partial charge in [-0.3, -0.25) is 4.79 Å². The highest BCUT2D eigenvalue weighted by Crippen LogP contribution is 2.10. The van der Waals surface area contributed by atoms with Gasteiger partial charge in [0, 0.05) is 13.5 Å². The van der Waals surface area contributed by atoms with Crippen molar-refractivity contribution in [1.29, 1.82) is 0 Å². The highest BCUT2D eigenvalue weighted by molar-refractivity contribution is 5.69. The third-order valence-corrected chi connectivity index (χ3v) is 4.61. The summed E-state index contributed by atoms with van der Waals surface area (Å²) < 4.78 is 10.0. The molecule has 1 N–H and O–H groups in total. The molecule has 0 saturated heterocycles. The Labute approximate surface area is 161 Å². The summed E-state index contributed by atoms with van der Waals surface area (Å²) in [6.07, 6.45) is 20.9. The molecule has 0 radical (unpaired) electrons. The van der Waals surface area contributed by atoms with Gasteiger partial charge in [-0.2, -0.15) is 0 Å². The number of hydrogen-bond donors (Lipinski definition) is 1. The Bertz CT molecular complexity index is 324. The fourth-order valence-corrected chi connectivity index (χ4v) is 2.79. The quantitative estimate of drug-likeness (QED) is 0.183. The lowest BCUT2D eigenvalue weighted by Crippen LogP contribution is -2.24. The second-order valence-electron chi connectivity index (χ2n) is 7.06. The van der Waals surface area contributed by atoms with Crippen LogP contribution < -0.4 is 0 Å².